The summed E-state index contributed by atoms with van der Waals surface area (Å²) in [4.78, 5) is 10.1. The standard InChI is InChI=1S/C16H21N3S/c1-5-17-15-14(11(2)3)16(19-10-18-15)20-13-9-7-6-8-12(13)4/h6-11H,5H2,1-4H3,(H,17,18,19). The molecular weight excluding hydrogens is 266 g/mol. The van der Waals surface area contributed by atoms with Crippen LogP contribution < -0.4 is 5.32 Å². The Hall–Kier alpha value is -1.55. The number of aryl methyl sites for hydroxylation is 1. The minimum Gasteiger partial charge on any atom is -0.370 e. The number of nitrogens with zero attached hydrogens (tertiary/aromatic N) is 2. The van der Waals surface area contributed by atoms with Gasteiger partial charge in [0, 0.05) is 17.0 Å². The third-order valence-electron chi connectivity index (χ3n) is 3.07. The summed E-state index contributed by atoms with van der Waals surface area (Å²) in [5.74, 6) is 1.34. The third-order valence-corrected chi connectivity index (χ3v) is 4.27. The summed E-state index contributed by atoms with van der Waals surface area (Å²) in [6.07, 6.45) is 1.64. The summed E-state index contributed by atoms with van der Waals surface area (Å²) in [5, 5.41) is 4.38. The Morgan fingerprint density at radius 3 is 2.60 bits per heavy atom. The highest BCUT2D eigenvalue weighted by atomic mass is 32.2. The summed E-state index contributed by atoms with van der Waals surface area (Å²) < 4.78 is 0. The number of hydrogen-bond acceptors (Lipinski definition) is 4. The summed E-state index contributed by atoms with van der Waals surface area (Å²) in [6.45, 7) is 9.44. The van der Waals surface area contributed by atoms with E-state index in [-0.39, 0.29) is 0 Å². The Morgan fingerprint density at radius 1 is 1.20 bits per heavy atom. The van der Waals surface area contributed by atoms with Gasteiger partial charge in [-0.15, -0.1) is 0 Å². The quantitative estimate of drug-likeness (QED) is 0.822. The number of anilines is 1. The van der Waals surface area contributed by atoms with E-state index >= 15 is 0 Å². The van der Waals surface area contributed by atoms with Crippen LogP contribution >= 0.6 is 11.8 Å². The molecule has 4 heteroatoms. The molecule has 0 radical (unpaired) electrons. The van der Waals surface area contributed by atoms with Gasteiger partial charge >= 0.3 is 0 Å². The molecule has 3 nitrogen and oxygen atoms in total. The van der Waals surface area contributed by atoms with Crippen molar-refractivity contribution in [3.63, 3.8) is 0 Å². The van der Waals surface area contributed by atoms with Gasteiger partial charge in [-0.3, -0.25) is 0 Å². The molecule has 20 heavy (non-hydrogen) atoms. The van der Waals surface area contributed by atoms with Gasteiger partial charge in [0.2, 0.25) is 0 Å². The molecule has 0 spiro atoms. The van der Waals surface area contributed by atoms with Crippen molar-refractivity contribution in [3.05, 3.63) is 41.7 Å². The van der Waals surface area contributed by atoms with Gasteiger partial charge < -0.3 is 5.32 Å². The van der Waals surface area contributed by atoms with Crippen LogP contribution in [0.25, 0.3) is 0 Å². The molecule has 0 amide bonds. The lowest BCUT2D eigenvalue weighted by Gasteiger charge is -2.16. The number of aromatic nitrogens is 2. The largest absolute Gasteiger partial charge is 0.370 e. The smallest absolute Gasteiger partial charge is 0.133 e. The van der Waals surface area contributed by atoms with E-state index in [1.165, 1.54) is 16.0 Å². The molecule has 0 unspecified atom stereocenters. The molecule has 0 saturated carbocycles. The maximum atomic E-state index is 4.49. The van der Waals surface area contributed by atoms with E-state index in [0.717, 1.165) is 17.4 Å². The molecule has 0 fully saturated rings. The van der Waals surface area contributed by atoms with Crippen LogP contribution in [-0.2, 0) is 0 Å². The van der Waals surface area contributed by atoms with Gasteiger partial charge in [-0.25, -0.2) is 9.97 Å². The zero-order valence-corrected chi connectivity index (χ0v) is 13.3. The molecule has 1 aromatic carbocycles. The molecular formula is C16H21N3S. The molecule has 106 valence electrons. The highest BCUT2D eigenvalue weighted by Gasteiger charge is 2.16. The van der Waals surface area contributed by atoms with E-state index in [4.69, 9.17) is 0 Å². The van der Waals surface area contributed by atoms with Crippen molar-refractivity contribution < 1.29 is 0 Å². The van der Waals surface area contributed by atoms with Crippen molar-refractivity contribution in [1.29, 1.82) is 0 Å². The molecule has 0 aliphatic carbocycles. The van der Waals surface area contributed by atoms with Crippen molar-refractivity contribution >= 4 is 17.6 Å². The van der Waals surface area contributed by atoms with Crippen molar-refractivity contribution in [2.75, 3.05) is 11.9 Å². The van der Waals surface area contributed by atoms with E-state index in [1.807, 2.05) is 0 Å². The molecule has 2 aromatic rings. The summed E-state index contributed by atoms with van der Waals surface area (Å²) >= 11 is 1.72. The Labute approximate surface area is 125 Å². The van der Waals surface area contributed by atoms with Crippen LogP contribution in [0.15, 0.2) is 40.5 Å². The SMILES string of the molecule is CCNc1ncnc(Sc2ccccc2C)c1C(C)C. The average molecular weight is 287 g/mol. The van der Waals surface area contributed by atoms with Gasteiger partial charge in [0.15, 0.2) is 0 Å². The number of nitrogens with one attached hydrogen (secondary N) is 1. The lowest BCUT2D eigenvalue weighted by Crippen LogP contribution is -2.07. The normalized spacial score (nSPS) is 10.8. The minimum atomic E-state index is 0.386. The van der Waals surface area contributed by atoms with E-state index in [9.17, 15) is 0 Å². The molecule has 1 heterocycles. The molecule has 1 aromatic heterocycles. The highest BCUT2D eigenvalue weighted by Crippen LogP contribution is 2.36. The third kappa shape index (κ3) is 3.31. The van der Waals surface area contributed by atoms with Crippen molar-refractivity contribution in [2.24, 2.45) is 0 Å². The first-order valence-electron chi connectivity index (χ1n) is 6.95. The Morgan fingerprint density at radius 2 is 1.95 bits per heavy atom. The van der Waals surface area contributed by atoms with Crippen LogP contribution in [0.5, 0.6) is 0 Å². The first-order valence-corrected chi connectivity index (χ1v) is 7.77. The van der Waals surface area contributed by atoms with Crippen LogP contribution in [0.3, 0.4) is 0 Å². The monoisotopic (exact) mass is 287 g/mol. The van der Waals surface area contributed by atoms with Gasteiger partial charge in [-0.2, -0.15) is 0 Å². The number of rotatable bonds is 5. The first kappa shape index (κ1) is 14.9. The highest BCUT2D eigenvalue weighted by molar-refractivity contribution is 7.99. The summed E-state index contributed by atoms with van der Waals surface area (Å²) in [7, 11) is 0. The second-order valence-electron chi connectivity index (χ2n) is 4.99. The summed E-state index contributed by atoms with van der Waals surface area (Å²) in [6, 6.07) is 8.40. The van der Waals surface area contributed by atoms with Crippen LogP contribution in [0.2, 0.25) is 0 Å². The Bertz CT molecular complexity index is 582. The second kappa shape index (κ2) is 6.75. The molecule has 0 aliphatic heterocycles. The Kier molecular flexibility index (Phi) is 5.01. The van der Waals surface area contributed by atoms with Crippen LogP contribution in [0.1, 0.15) is 37.8 Å². The fourth-order valence-electron chi connectivity index (χ4n) is 2.06. The predicted molar refractivity (Wildman–Crippen MR) is 85.6 cm³/mol. The van der Waals surface area contributed by atoms with Crippen molar-refractivity contribution in [3.8, 4) is 0 Å². The maximum Gasteiger partial charge on any atom is 0.133 e. The van der Waals surface area contributed by atoms with E-state index in [0.29, 0.717) is 5.92 Å². The molecule has 2 rings (SSSR count). The van der Waals surface area contributed by atoms with Gasteiger partial charge in [0.05, 0.1) is 0 Å². The topological polar surface area (TPSA) is 37.8 Å². The zero-order valence-electron chi connectivity index (χ0n) is 12.5. The summed E-state index contributed by atoms with van der Waals surface area (Å²) in [5.41, 5.74) is 2.47. The molecule has 0 bridgehead atoms. The zero-order chi connectivity index (χ0) is 14.5. The molecule has 0 saturated heterocycles. The lowest BCUT2D eigenvalue weighted by atomic mass is 10.1. The molecule has 1 N–H and O–H groups in total. The van der Waals surface area contributed by atoms with Crippen LogP contribution in [0, 0.1) is 6.92 Å². The van der Waals surface area contributed by atoms with E-state index in [2.05, 4.69) is 67.2 Å². The van der Waals surface area contributed by atoms with Gasteiger partial charge in [-0.05, 0) is 31.4 Å². The predicted octanol–water partition coefficient (Wildman–Crippen LogP) is 4.49. The first-order chi connectivity index (χ1) is 9.63. The fourth-order valence-corrected chi connectivity index (χ4v) is 3.19. The Balaban J connectivity index is 2.41. The van der Waals surface area contributed by atoms with Crippen LogP contribution in [-0.4, -0.2) is 16.5 Å². The van der Waals surface area contributed by atoms with Gasteiger partial charge in [0.1, 0.15) is 17.2 Å². The van der Waals surface area contributed by atoms with Gasteiger partial charge in [0.25, 0.3) is 0 Å². The molecule has 0 aliphatic rings. The van der Waals surface area contributed by atoms with Crippen molar-refractivity contribution in [1.82, 2.24) is 9.97 Å². The van der Waals surface area contributed by atoms with E-state index < -0.39 is 0 Å². The lowest BCUT2D eigenvalue weighted by molar-refractivity contribution is 0.803. The maximum absolute atomic E-state index is 4.49. The second-order valence-corrected chi connectivity index (χ2v) is 6.02. The van der Waals surface area contributed by atoms with Crippen molar-refractivity contribution in [2.45, 2.75) is 43.5 Å². The van der Waals surface area contributed by atoms with E-state index in [1.54, 1.807) is 18.1 Å². The van der Waals surface area contributed by atoms with Crippen LogP contribution in [0.4, 0.5) is 5.82 Å². The average Bonchev–Trinajstić information content (AvgIpc) is 2.41. The number of benzene rings is 1. The minimum absolute atomic E-state index is 0.386. The number of hydrogen-bond donors (Lipinski definition) is 1. The molecule has 0 atom stereocenters. The van der Waals surface area contributed by atoms with Gasteiger partial charge in [-0.1, -0.05) is 43.8 Å². The fraction of sp³-hybridized carbons (Fsp3) is 0.375.